The minimum atomic E-state index is -0.660. The molecule has 1 aliphatic rings. The van der Waals surface area contributed by atoms with Gasteiger partial charge in [-0.05, 0) is 24.3 Å². The van der Waals surface area contributed by atoms with Crippen molar-refractivity contribution in [1.29, 1.82) is 0 Å². The Bertz CT molecular complexity index is 867. The Hall–Kier alpha value is -3.16. The minimum Gasteiger partial charge on any atom is -0.398 e. The highest BCUT2D eigenvalue weighted by molar-refractivity contribution is 6.00. The third-order valence-electron chi connectivity index (χ3n) is 4.50. The van der Waals surface area contributed by atoms with Crippen LogP contribution in [0.2, 0.25) is 0 Å². The monoisotopic (exact) mass is 371 g/mol. The molecule has 27 heavy (non-hydrogen) atoms. The van der Waals surface area contributed by atoms with E-state index in [1.165, 1.54) is 17.0 Å². The molecule has 3 rings (SSSR count). The summed E-state index contributed by atoms with van der Waals surface area (Å²) >= 11 is 0. The average Bonchev–Trinajstić information content (AvgIpc) is 3.06. The number of pyridine rings is 1. The van der Waals surface area contributed by atoms with Crippen LogP contribution in [0.15, 0.2) is 30.5 Å². The fraction of sp³-hybridized carbons (Fsp3) is 0.316. The van der Waals surface area contributed by atoms with Crippen molar-refractivity contribution in [3.63, 3.8) is 0 Å². The van der Waals surface area contributed by atoms with Gasteiger partial charge in [0, 0.05) is 62.5 Å². The molecule has 142 valence electrons. The first-order chi connectivity index (χ1) is 12.9. The number of carbonyl (C=O) groups excluding carboxylic acids is 2. The first-order valence-corrected chi connectivity index (χ1v) is 8.63. The largest absolute Gasteiger partial charge is 0.398 e. The summed E-state index contributed by atoms with van der Waals surface area (Å²) in [5.74, 6) is -0.219. The topological polar surface area (TPSA) is 100 Å². The molecule has 7 nitrogen and oxygen atoms in total. The molecule has 1 aromatic carbocycles. The van der Waals surface area contributed by atoms with Gasteiger partial charge in [0.15, 0.2) is 0 Å². The van der Waals surface area contributed by atoms with Gasteiger partial charge in [0.2, 0.25) is 5.91 Å². The van der Waals surface area contributed by atoms with Crippen LogP contribution in [0.3, 0.4) is 0 Å². The van der Waals surface area contributed by atoms with Gasteiger partial charge in [-0.1, -0.05) is 0 Å². The number of anilines is 2. The highest BCUT2D eigenvalue weighted by Crippen LogP contribution is 2.29. The zero-order valence-electron chi connectivity index (χ0n) is 15.3. The van der Waals surface area contributed by atoms with Crippen molar-refractivity contribution in [2.75, 3.05) is 38.2 Å². The molecule has 0 saturated carbocycles. The number of nitrogens with two attached hydrogens (primary N) is 1. The van der Waals surface area contributed by atoms with Crippen molar-refractivity contribution >= 4 is 23.3 Å². The molecule has 2 heterocycles. The lowest BCUT2D eigenvalue weighted by Crippen LogP contribution is -2.24. The second-order valence-electron chi connectivity index (χ2n) is 6.78. The van der Waals surface area contributed by atoms with Crippen molar-refractivity contribution < 1.29 is 14.0 Å². The van der Waals surface area contributed by atoms with Gasteiger partial charge >= 0.3 is 0 Å². The van der Waals surface area contributed by atoms with E-state index in [0.717, 1.165) is 0 Å². The van der Waals surface area contributed by atoms with Crippen molar-refractivity contribution in [3.8, 4) is 11.1 Å². The Balaban J connectivity index is 1.78. The number of nitrogens with zero attached hydrogens (tertiary/aromatic N) is 2. The standard InChI is InChI=1S/C19H22FN5O2/c1-25(2)19(27)17-14(21)5-4-13(18(17)20)12-3-6-15(23-10-12)22-8-11-7-16(26)24-9-11/h3-6,10-11H,7-9,21H2,1-2H3,(H,22,23)(H,24,26). The fourth-order valence-electron chi connectivity index (χ4n) is 2.97. The van der Waals surface area contributed by atoms with Crippen LogP contribution in [0.5, 0.6) is 0 Å². The van der Waals surface area contributed by atoms with Gasteiger partial charge in [-0.15, -0.1) is 0 Å². The molecule has 0 radical (unpaired) electrons. The van der Waals surface area contributed by atoms with Crippen LogP contribution in [-0.4, -0.2) is 48.9 Å². The number of nitrogens with one attached hydrogen (secondary N) is 2. The van der Waals surface area contributed by atoms with Crippen molar-refractivity contribution in [1.82, 2.24) is 15.2 Å². The summed E-state index contributed by atoms with van der Waals surface area (Å²) in [5, 5.41) is 5.96. The Kier molecular flexibility index (Phi) is 5.25. The highest BCUT2D eigenvalue weighted by atomic mass is 19.1. The van der Waals surface area contributed by atoms with Gasteiger partial charge in [0.1, 0.15) is 11.6 Å². The summed E-state index contributed by atoms with van der Waals surface area (Å²) in [6, 6.07) is 6.52. The van der Waals surface area contributed by atoms with Crippen LogP contribution in [0.25, 0.3) is 11.1 Å². The summed E-state index contributed by atoms with van der Waals surface area (Å²) in [6.07, 6.45) is 2.04. The lowest BCUT2D eigenvalue weighted by molar-refractivity contribution is -0.119. The van der Waals surface area contributed by atoms with Gasteiger partial charge < -0.3 is 21.3 Å². The van der Waals surface area contributed by atoms with Crippen molar-refractivity contribution in [3.05, 3.63) is 41.8 Å². The number of hydrogen-bond acceptors (Lipinski definition) is 5. The van der Waals surface area contributed by atoms with E-state index >= 15 is 0 Å². The second kappa shape index (κ2) is 7.61. The highest BCUT2D eigenvalue weighted by Gasteiger charge is 2.22. The van der Waals surface area contributed by atoms with E-state index in [-0.39, 0.29) is 28.6 Å². The summed E-state index contributed by atoms with van der Waals surface area (Å²) < 4.78 is 14.9. The molecule has 1 saturated heterocycles. The molecule has 0 aliphatic carbocycles. The molecular weight excluding hydrogens is 349 g/mol. The predicted octanol–water partition coefficient (Wildman–Crippen LogP) is 1.72. The SMILES string of the molecule is CN(C)C(=O)c1c(N)ccc(-c2ccc(NCC3CNC(=O)C3)nc2)c1F. The molecule has 4 N–H and O–H groups in total. The number of hydrogen-bond donors (Lipinski definition) is 3. The predicted molar refractivity (Wildman–Crippen MR) is 102 cm³/mol. The molecule has 1 fully saturated rings. The van der Waals surface area contributed by atoms with Gasteiger partial charge in [-0.25, -0.2) is 9.37 Å². The van der Waals surface area contributed by atoms with E-state index in [2.05, 4.69) is 15.6 Å². The summed E-state index contributed by atoms with van der Waals surface area (Å²) in [5.41, 5.74) is 6.56. The lowest BCUT2D eigenvalue weighted by atomic mass is 10.0. The van der Waals surface area contributed by atoms with E-state index in [1.807, 2.05) is 0 Å². The molecule has 0 bridgehead atoms. The number of rotatable bonds is 5. The third-order valence-corrected chi connectivity index (χ3v) is 4.50. The summed E-state index contributed by atoms with van der Waals surface area (Å²) in [7, 11) is 3.09. The molecule has 1 aromatic heterocycles. The van der Waals surface area contributed by atoms with Crippen molar-refractivity contribution in [2.45, 2.75) is 6.42 Å². The minimum absolute atomic E-state index is 0.0620. The first kappa shape index (κ1) is 18.6. The molecule has 2 amide bonds. The molecule has 1 atom stereocenters. The maximum absolute atomic E-state index is 14.9. The molecular formula is C19H22FN5O2. The average molecular weight is 371 g/mol. The Morgan fingerprint density at radius 1 is 1.37 bits per heavy atom. The van der Waals surface area contributed by atoms with E-state index in [9.17, 15) is 14.0 Å². The van der Waals surface area contributed by atoms with E-state index in [0.29, 0.717) is 30.9 Å². The lowest BCUT2D eigenvalue weighted by Gasteiger charge is -2.15. The number of carbonyl (C=O) groups is 2. The number of aromatic nitrogens is 1. The first-order valence-electron chi connectivity index (χ1n) is 8.63. The molecule has 0 spiro atoms. The number of benzene rings is 1. The van der Waals surface area contributed by atoms with Crippen LogP contribution >= 0.6 is 0 Å². The molecule has 1 aliphatic heterocycles. The maximum atomic E-state index is 14.9. The molecule has 8 heteroatoms. The van der Waals surface area contributed by atoms with Crippen LogP contribution in [-0.2, 0) is 4.79 Å². The molecule has 2 aromatic rings. The van der Waals surface area contributed by atoms with Crippen LogP contribution in [0.1, 0.15) is 16.8 Å². The van der Waals surface area contributed by atoms with Gasteiger partial charge in [0.05, 0.1) is 5.56 Å². The molecule has 1 unspecified atom stereocenters. The maximum Gasteiger partial charge on any atom is 0.258 e. The number of nitrogen functional groups attached to an aromatic ring is 1. The third kappa shape index (κ3) is 3.99. The van der Waals surface area contributed by atoms with Gasteiger partial charge in [-0.2, -0.15) is 0 Å². The van der Waals surface area contributed by atoms with Gasteiger partial charge in [-0.3, -0.25) is 9.59 Å². The van der Waals surface area contributed by atoms with Crippen LogP contribution in [0.4, 0.5) is 15.9 Å². The van der Waals surface area contributed by atoms with E-state index < -0.39 is 11.7 Å². The summed E-state index contributed by atoms with van der Waals surface area (Å²) in [4.78, 5) is 29.0. The Labute approximate surface area is 156 Å². The van der Waals surface area contributed by atoms with Crippen LogP contribution < -0.4 is 16.4 Å². The fourth-order valence-corrected chi connectivity index (χ4v) is 2.97. The zero-order valence-corrected chi connectivity index (χ0v) is 15.3. The normalized spacial score (nSPS) is 16.1. The van der Waals surface area contributed by atoms with Crippen molar-refractivity contribution in [2.24, 2.45) is 5.92 Å². The van der Waals surface area contributed by atoms with Gasteiger partial charge in [0.25, 0.3) is 5.91 Å². The smallest absolute Gasteiger partial charge is 0.258 e. The quantitative estimate of drug-likeness (QED) is 0.695. The number of amides is 2. The zero-order chi connectivity index (χ0) is 19.6. The van der Waals surface area contributed by atoms with E-state index in [4.69, 9.17) is 5.73 Å². The second-order valence-corrected chi connectivity index (χ2v) is 6.78. The van der Waals surface area contributed by atoms with Crippen LogP contribution in [0, 0.1) is 11.7 Å². The number of halogens is 1. The van der Waals surface area contributed by atoms with E-state index in [1.54, 1.807) is 32.4 Å². The Morgan fingerprint density at radius 2 is 2.15 bits per heavy atom. The Morgan fingerprint density at radius 3 is 2.74 bits per heavy atom. The summed E-state index contributed by atoms with van der Waals surface area (Å²) in [6.45, 7) is 1.28.